The molecule has 1 aromatic heterocycles. The molecule has 0 fully saturated rings. The lowest BCUT2D eigenvalue weighted by atomic mass is 10.0. The van der Waals surface area contributed by atoms with Crippen molar-refractivity contribution in [3.8, 4) is 0 Å². The van der Waals surface area contributed by atoms with Crippen molar-refractivity contribution in [1.82, 2.24) is 5.32 Å². The zero-order chi connectivity index (χ0) is 12.8. The summed E-state index contributed by atoms with van der Waals surface area (Å²) < 4.78 is 5.01. The highest BCUT2D eigenvalue weighted by molar-refractivity contribution is 5.94. The highest BCUT2D eigenvalue weighted by Gasteiger charge is 2.18. The minimum Gasteiger partial charge on any atom is -0.481 e. The molecule has 1 atom stereocenters. The fourth-order valence-electron chi connectivity index (χ4n) is 1.54. The Bertz CT molecular complexity index is 397. The number of furan rings is 1. The molecule has 0 bridgehead atoms. The summed E-state index contributed by atoms with van der Waals surface area (Å²) in [5, 5.41) is 11.5. The Morgan fingerprint density at radius 2 is 2.24 bits per heavy atom. The molecule has 1 unspecified atom stereocenters. The van der Waals surface area contributed by atoms with Crippen LogP contribution in [0.1, 0.15) is 35.9 Å². The molecule has 17 heavy (non-hydrogen) atoms. The normalized spacial score (nSPS) is 12.1. The lowest BCUT2D eigenvalue weighted by Gasteiger charge is -2.11. The number of carbonyl (C=O) groups excluding carboxylic acids is 1. The third kappa shape index (κ3) is 3.94. The Hall–Kier alpha value is -1.78. The van der Waals surface area contributed by atoms with Crippen LogP contribution in [0.15, 0.2) is 16.7 Å². The summed E-state index contributed by atoms with van der Waals surface area (Å²) in [4.78, 5) is 22.5. The van der Waals surface area contributed by atoms with E-state index in [1.54, 1.807) is 13.0 Å². The number of carboxylic acids is 1. The summed E-state index contributed by atoms with van der Waals surface area (Å²) in [5.74, 6) is -1.06. The third-order valence-electron chi connectivity index (χ3n) is 2.49. The van der Waals surface area contributed by atoms with Gasteiger partial charge in [-0.1, -0.05) is 13.3 Å². The molecule has 0 aliphatic heterocycles. The fraction of sp³-hybridized carbons (Fsp3) is 0.500. The molecule has 0 spiro atoms. The third-order valence-corrected chi connectivity index (χ3v) is 2.49. The predicted octanol–water partition coefficient (Wildman–Crippen LogP) is 1.82. The average molecular weight is 239 g/mol. The van der Waals surface area contributed by atoms with E-state index < -0.39 is 11.9 Å². The number of carboxylic acid groups (broad SMARTS) is 1. The van der Waals surface area contributed by atoms with E-state index in [2.05, 4.69) is 5.32 Å². The van der Waals surface area contributed by atoms with Crippen LogP contribution >= 0.6 is 0 Å². The highest BCUT2D eigenvalue weighted by Crippen LogP contribution is 2.08. The minimum atomic E-state index is -0.879. The Kier molecular flexibility index (Phi) is 4.75. The van der Waals surface area contributed by atoms with Crippen molar-refractivity contribution in [3.05, 3.63) is 23.7 Å². The summed E-state index contributed by atoms with van der Waals surface area (Å²) in [5.41, 5.74) is 0.420. The Morgan fingerprint density at radius 3 is 2.71 bits per heavy atom. The van der Waals surface area contributed by atoms with Gasteiger partial charge in [-0.25, -0.2) is 0 Å². The molecular weight excluding hydrogens is 222 g/mol. The molecule has 0 saturated carbocycles. The molecule has 94 valence electrons. The number of hydrogen-bond acceptors (Lipinski definition) is 3. The van der Waals surface area contributed by atoms with Crippen molar-refractivity contribution in [3.63, 3.8) is 0 Å². The van der Waals surface area contributed by atoms with Crippen LogP contribution in [0, 0.1) is 12.8 Å². The summed E-state index contributed by atoms with van der Waals surface area (Å²) in [6.07, 6.45) is 2.69. The topological polar surface area (TPSA) is 79.5 Å². The lowest BCUT2D eigenvalue weighted by molar-refractivity contribution is -0.141. The van der Waals surface area contributed by atoms with Crippen LogP contribution in [0.2, 0.25) is 0 Å². The van der Waals surface area contributed by atoms with Crippen LogP contribution in [0.3, 0.4) is 0 Å². The number of nitrogens with one attached hydrogen (secondary N) is 1. The van der Waals surface area contributed by atoms with Gasteiger partial charge in [0.05, 0.1) is 11.5 Å². The van der Waals surface area contributed by atoms with Crippen LogP contribution in [0.4, 0.5) is 0 Å². The molecule has 5 heteroatoms. The van der Waals surface area contributed by atoms with Gasteiger partial charge in [-0.2, -0.15) is 0 Å². The van der Waals surface area contributed by atoms with Gasteiger partial charge in [0.1, 0.15) is 12.0 Å². The van der Waals surface area contributed by atoms with E-state index in [-0.39, 0.29) is 12.5 Å². The average Bonchev–Trinajstić information content (AvgIpc) is 2.70. The molecule has 2 N–H and O–H groups in total. The van der Waals surface area contributed by atoms with E-state index in [4.69, 9.17) is 9.52 Å². The van der Waals surface area contributed by atoms with Gasteiger partial charge >= 0.3 is 5.97 Å². The maximum Gasteiger partial charge on any atom is 0.308 e. The van der Waals surface area contributed by atoms with E-state index in [1.165, 1.54) is 6.26 Å². The Morgan fingerprint density at radius 1 is 1.53 bits per heavy atom. The number of rotatable bonds is 6. The molecule has 5 nitrogen and oxygen atoms in total. The van der Waals surface area contributed by atoms with Crippen molar-refractivity contribution in [2.24, 2.45) is 5.92 Å². The first-order valence-corrected chi connectivity index (χ1v) is 5.60. The van der Waals surface area contributed by atoms with Crippen molar-refractivity contribution in [2.45, 2.75) is 26.7 Å². The van der Waals surface area contributed by atoms with Gasteiger partial charge in [0.15, 0.2) is 0 Å². The van der Waals surface area contributed by atoms with Gasteiger partial charge in [-0.05, 0) is 19.4 Å². The van der Waals surface area contributed by atoms with Crippen LogP contribution in [0.5, 0.6) is 0 Å². The van der Waals surface area contributed by atoms with Gasteiger partial charge in [0.2, 0.25) is 0 Å². The van der Waals surface area contributed by atoms with E-state index in [1.807, 2.05) is 6.92 Å². The molecule has 0 aliphatic carbocycles. The smallest absolute Gasteiger partial charge is 0.308 e. The monoisotopic (exact) mass is 239 g/mol. The molecule has 0 radical (unpaired) electrons. The van der Waals surface area contributed by atoms with E-state index in [0.717, 1.165) is 6.42 Å². The molecule has 0 saturated heterocycles. The Labute approximate surface area is 99.8 Å². The molecule has 1 heterocycles. The number of aryl methyl sites for hydroxylation is 1. The largest absolute Gasteiger partial charge is 0.481 e. The Balaban J connectivity index is 2.49. The van der Waals surface area contributed by atoms with Crippen molar-refractivity contribution in [2.75, 3.05) is 6.54 Å². The first kappa shape index (κ1) is 13.3. The van der Waals surface area contributed by atoms with Crippen LogP contribution < -0.4 is 5.32 Å². The van der Waals surface area contributed by atoms with Gasteiger partial charge < -0.3 is 14.8 Å². The fourth-order valence-corrected chi connectivity index (χ4v) is 1.54. The SMILES string of the molecule is CCCC(CNC(=O)c1coc(C)c1)C(=O)O. The molecule has 0 aliphatic rings. The molecule has 0 aromatic carbocycles. The first-order chi connectivity index (χ1) is 8.04. The predicted molar refractivity (Wildman–Crippen MR) is 61.8 cm³/mol. The summed E-state index contributed by atoms with van der Waals surface area (Å²) in [6, 6.07) is 1.62. The van der Waals surface area contributed by atoms with Gasteiger partial charge in [-0.3, -0.25) is 9.59 Å². The molecule has 1 rings (SSSR count). The van der Waals surface area contributed by atoms with E-state index in [9.17, 15) is 9.59 Å². The van der Waals surface area contributed by atoms with Crippen molar-refractivity contribution < 1.29 is 19.1 Å². The second-order valence-electron chi connectivity index (χ2n) is 3.98. The van der Waals surface area contributed by atoms with Crippen molar-refractivity contribution in [1.29, 1.82) is 0 Å². The standard InChI is InChI=1S/C12H17NO4/c1-3-4-9(12(15)16)6-13-11(14)10-5-8(2)17-7-10/h5,7,9H,3-4,6H2,1-2H3,(H,13,14)(H,15,16). The van der Waals surface area contributed by atoms with Gasteiger partial charge in [0, 0.05) is 6.54 Å². The summed E-state index contributed by atoms with van der Waals surface area (Å²) in [6.45, 7) is 3.80. The van der Waals surface area contributed by atoms with E-state index in [0.29, 0.717) is 17.7 Å². The number of aliphatic carboxylic acids is 1. The van der Waals surface area contributed by atoms with Gasteiger partial charge in [-0.15, -0.1) is 0 Å². The number of amides is 1. The minimum absolute atomic E-state index is 0.145. The molecule has 1 amide bonds. The van der Waals surface area contributed by atoms with Crippen LogP contribution in [-0.2, 0) is 4.79 Å². The van der Waals surface area contributed by atoms with Crippen molar-refractivity contribution >= 4 is 11.9 Å². The second-order valence-corrected chi connectivity index (χ2v) is 3.98. The first-order valence-electron chi connectivity index (χ1n) is 5.60. The van der Waals surface area contributed by atoms with Crippen LogP contribution in [-0.4, -0.2) is 23.5 Å². The zero-order valence-electron chi connectivity index (χ0n) is 10.0. The zero-order valence-corrected chi connectivity index (χ0v) is 10.0. The summed E-state index contributed by atoms with van der Waals surface area (Å²) in [7, 11) is 0. The maximum absolute atomic E-state index is 11.6. The number of carbonyl (C=O) groups is 2. The molecular formula is C12H17NO4. The number of hydrogen-bond donors (Lipinski definition) is 2. The second kappa shape index (κ2) is 6.08. The highest BCUT2D eigenvalue weighted by atomic mass is 16.4. The maximum atomic E-state index is 11.6. The van der Waals surface area contributed by atoms with Crippen LogP contribution in [0.25, 0.3) is 0 Å². The van der Waals surface area contributed by atoms with E-state index >= 15 is 0 Å². The molecule has 1 aromatic rings. The van der Waals surface area contributed by atoms with Gasteiger partial charge in [0.25, 0.3) is 5.91 Å². The lowest BCUT2D eigenvalue weighted by Crippen LogP contribution is -2.32. The summed E-state index contributed by atoms with van der Waals surface area (Å²) >= 11 is 0. The quantitative estimate of drug-likeness (QED) is 0.793.